The van der Waals surface area contributed by atoms with Crippen LogP contribution in [0.25, 0.3) is 33.0 Å². The van der Waals surface area contributed by atoms with Crippen LogP contribution in [-0.2, 0) is 12.0 Å². The number of hydrogen-bond donors (Lipinski definition) is 1. The maximum absolute atomic E-state index is 3.58. The SMILES string of the molecule is CN(C)CCNCc1ccccc1-c1ccc2c(-c3ccc(C(C)(C)C)cc3)cccc2c1. The molecule has 0 atom stereocenters. The number of likely N-dealkylation sites (N-methyl/N-ethyl adjacent to an activating group) is 1. The highest BCUT2D eigenvalue weighted by atomic mass is 15.1. The van der Waals surface area contributed by atoms with E-state index in [9.17, 15) is 0 Å². The van der Waals surface area contributed by atoms with Gasteiger partial charge in [-0.15, -0.1) is 0 Å². The van der Waals surface area contributed by atoms with E-state index in [0.29, 0.717) is 0 Å². The van der Waals surface area contributed by atoms with Gasteiger partial charge in [-0.05, 0) is 69.7 Å². The molecular formula is C31H36N2. The van der Waals surface area contributed by atoms with Gasteiger partial charge in [-0.1, -0.05) is 99.6 Å². The Labute approximate surface area is 199 Å². The fourth-order valence-electron chi connectivity index (χ4n) is 4.33. The summed E-state index contributed by atoms with van der Waals surface area (Å²) in [6.45, 7) is 9.68. The summed E-state index contributed by atoms with van der Waals surface area (Å²) in [5.41, 5.74) is 8.00. The first-order valence-electron chi connectivity index (χ1n) is 11.9. The number of nitrogens with one attached hydrogen (secondary N) is 1. The molecule has 4 aromatic rings. The third-order valence-corrected chi connectivity index (χ3v) is 6.32. The molecule has 0 amide bonds. The van der Waals surface area contributed by atoms with Gasteiger partial charge in [0.2, 0.25) is 0 Å². The Bertz CT molecular complexity index is 1210. The third kappa shape index (κ3) is 5.52. The highest BCUT2D eigenvalue weighted by Crippen LogP contribution is 2.34. The third-order valence-electron chi connectivity index (χ3n) is 6.32. The van der Waals surface area contributed by atoms with Crippen molar-refractivity contribution in [3.63, 3.8) is 0 Å². The molecule has 0 aliphatic carbocycles. The molecule has 0 aliphatic rings. The molecule has 4 aromatic carbocycles. The highest BCUT2D eigenvalue weighted by molar-refractivity contribution is 5.98. The number of rotatable bonds is 7. The lowest BCUT2D eigenvalue weighted by Gasteiger charge is -2.19. The van der Waals surface area contributed by atoms with Crippen molar-refractivity contribution in [2.45, 2.75) is 32.7 Å². The fraction of sp³-hybridized carbons (Fsp3) is 0.290. The van der Waals surface area contributed by atoms with Crippen LogP contribution in [0.2, 0.25) is 0 Å². The summed E-state index contributed by atoms with van der Waals surface area (Å²) in [6.07, 6.45) is 0. The van der Waals surface area contributed by atoms with Crippen molar-refractivity contribution in [2.75, 3.05) is 27.2 Å². The summed E-state index contributed by atoms with van der Waals surface area (Å²) in [5, 5.41) is 6.16. The quantitative estimate of drug-likeness (QED) is 0.310. The average Bonchev–Trinajstić information content (AvgIpc) is 2.81. The largest absolute Gasteiger partial charge is 0.311 e. The second kappa shape index (κ2) is 9.91. The molecule has 2 nitrogen and oxygen atoms in total. The fourth-order valence-corrected chi connectivity index (χ4v) is 4.33. The van der Waals surface area contributed by atoms with Crippen LogP contribution in [-0.4, -0.2) is 32.1 Å². The smallest absolute Gasteiger partial charge is 0.0212 e. The van der Waals surface area contributed by atoms with Crippen LogP contribution in [0.4, 0.5) is 0 Å². The van der Waals surface area contributed by atoms with Crippen molar-refractivity contribution in [2.24, 2.45) is 0 Å². The molecule has 0 saturated heterocycles. The molecule has 0 fully saturated rings. The zero-order valence-electron chi connectivity index (χ0n) is 20.7. The molecule has 170 valence electrons. The number of nitrogens with zero attached hydrogens (tertiary/aromatic N) is 1. The maximum Gasteiger partial charge on any atom is 0.0212 e. The standard InChI is InChI=1S/C31H36N2/c1-31(2,3)27-16-13-23(14-17-27)29-12-8-10-24-21-25(15-18-30(24)29)28-11-7-6-9-26(28)22-32-19-20-33(4)5/h6-18,21,32H,19-20,22H2,1-5H3. The predicted octanol–water partition coefficient (Wildman–Crippen LogP) is 7.12. The molecule has 33 heavy (non-hydrogen) atoms. The zero-order chi connectivity index (χ0) is 23.4. The molecule has 0 bridgehead atoms. The van der Waals surface area contributed by atoms with E-state index < -0.39 is 0 Å². The van der Waals surface area contributed by atoms with Gasteiger partial charge in [-0.3, -0.25) is 0 Å². The average molecular weight is 437 g/mol. The molecule has 0 aromatic heterocycles. The lowest BCUT2D eigenvalue weighted by molar-refractivity contribution is 0.400. The molecule has 0 aliphatic heterocycles. The minimum Gasteiger partial charge on any atom is -0.311 e. The maximum atomic E-state index is 3.58. The van der Waals surface area contributed by atoms with Crippen molar-refractivity contribution in [3.8, 4) is 22.3 Å². The van der Waals surface area contributed by atoms with Gasteiger partial charge in [0, 0.05) is 19.6 Å². The van der Waals surface area contributed by atoms with Crippen LogP contribution < -0.4 is 5.32 Å². The van der Waals surface area contributed by atoms with Crippen LogP contribution >= 0.6 is 0 Å². The highest BCUT2D eigenvalue weighted by Gasteiger charge is 2.14. The predicted molar refractivity (Wildman–Crippen MR) is 144 cm³/mol. The Morgan fingerprint density at radius 2 is 1.42 bits per heavy atom. The van der Waals surface area contributed by atoms with Crippen molar-refractivity contribution in [3.05, 3.63) is 96.1 Å². The minimum atomic E-state index is 0.168. The van der Waals surface area contributed by atoms with E-state index in [1.165, 1.54) is 44.2 Å². The summed E-state index contributed by atoms with van der Waals surface area (Å²) in [4.78, 5) is 2.20. The Morgan fingerprint density at radius 1 is 0.727 bits per heavy atom. The van der Waals surface area contributed by atoms with E-state index in [-0.39, 0.29) is 5.41 Å². The topological polar surface area (TPSA) is 15.3 Å². The number of hydrogen-bond acceptors (Lipinski definition) is 2. The Kier molecular flexibility index (Phi) is 6.97. The Balaban J connectivity index is 1.64. The van der Waals surface area contributed by atoms with E-state index in [1.54, 1.807) is 0 Å². The van der Waals surface area contributed by atoms with E-state index in [1.807, 2.05) is 0 Å². The van der Waals surface area contributed by atoms with E-state index in [4.69, 9.17) is 0 Å². The van der Waals surface area contributed by atoms with E-state index in [0.717, 1.165) is 19.6 Å². The molecule has 2 heteroatoms. The van der Waals surface area contributed by atoms with Crippen molar-refractivity contribution < 1.29 is 0 Å². The van der Waals surface area contributed by atoms with Gasteiger partial charge in [-0.2, -0.15) is 0 Å². The van der Waals surface area contributed by atoms with Gasteiger partial charge in [0.15, 0.2) is 0 Å². The van der Waals surface area contributed by atoms with Gasteiger partial charge < -0.3 is 10.2 Å². The first kappa shape index (κ1) is 23.2. The molecule has 0 heterocycles. The van der Waals surface area contributed by atoms with Crippen molar-refractivity contribution in [1.82, 2.24) is 10.2 Å². The Morgan fingerprint density at radius 3 is 2.15 bits per heavy atom. The molecule has 0 saturated carbocycles. The van der Waals surface area contributed by atoms with Crippen LogP contribution in [0.1, 0.15) is 31.9 Å². The van der Waals surface area contributed by atoms with Crippen LogP contribution in [0.3, 0.4) is 0 Å². The van der Waals surface area contributed by atoms with E-state index in [2.05, 4.69) is 130 Å². The lowest BCUT2D eigenvalue weighted by Crippen LogP contribution is -2.26. The first-order valence-corrected chi connectivity index (χ1v) is 11.9. The van der Waals surface area contributed by atoms with Crippen LogP contribution in [0, 0.1) is 0 Å². The summed E-state index contributed by atoms with van der Waals surface area (Å²) in [6, 6.07) is 31.3. The van der Waals surface area contributed by atoms with Gasteiger partial charge >= 0.3 is 0 Å². The number of benzene rings is 4. The van der Waals surface area contributed by atoms with E-state index >= 15 is 0 Å². The molecule has 0 unspecified atom stereocenters. The molecule has 4 rings (SSSR count). The first-order chi connectivity index (χ1) is 15.8. The number of fused-ring (bicyclic) bond motifs is 1. The molecule has 0 radical (unpaired) electrons. The second-order valence-electron chi connectivity index (χ2n) is 10.2. The van der Waals surface area contributed by atoms with Crippen molar-refractivity contribution in [1.29, 1.82) is 0 Å². The lowest BCUT2D eigenvalue weighted by atomic mass is 9.86. The van der Waals surface area contributed by atoms with Gasteiger partial charge in [0.25, 0.3) is 0 Å². The summed E-state index contributed by atoms with van der Waals surface area (Å²) >= 11 is 0. The van der Waals surface area contributed by atoms with Gasteiger partial charge in [0.05, 0.1) is 0 Å². The van der Waals surface area contributed by atoms with Gasteiger partial charge in [0.1, 0.15) is 0 Å². The normalized spacial score (nSPS) is 11.9. The molecule has 0 spiro atoms. The second-order valence-corrected chi connectivity index (χ2v) is 10.2. The van der Waals surface area contributed by atoms with Crippen LogP contribution in [0.5, 0.6) is 0 Å². The Hall–Kier alpha value is -2.94. The summed E-state index contributed by atoms with van der Waals surface area (Å²) < 4.78 is 0. The monoisotopic (exact) mass is 436 g/mol. The van der Waals surface area contributed by atoms with Gasteiger partial charge in [-0.25, -0.2) is 0 Å². The molecule has 1 N–H and O–H groups in total. The summed E-state index contributed by atoms with van der Waals surface area (Å²) in [7, 11) is 4.22. The summed E-state index contributed by atoms with van der Waals surface area (Å²) in [5.74, 6) is 0. The minimum absolute atomic E-state index is 0.168. The molecular weight excluding hydrogens is 400 g/mol. The zero-order valence-corrected chi connectivity index (χ0v) is 20.7. The van der Waals surface area contributed by atoms with Crippen LogP contribution in [0.15, 0.2) is 84.9 Å². The van der Waals surface area contributed by atoms with Crippen molar-refractivity contribution >= 4 is 10.8 Å².